The lowest BCUT2D eigenvalue weighted by atomic mass is 10.0. The number of alkyl carbamates (subject to hydrolysis) is 1. The van der Waals surface area contributed by atoms with Crippen molar-refractivity contribution in [3.8, 4) is 5.75 Å². The van der Waals surface area contributed by atoms with Crippen molar-refractivity contribution in [3.63, 3.8) is 0 Å². The molecule has 4 rings (SSSR count). The molecule has 1 unspecified atom stereocenters. The quantitative estimate of drug-likeness (QED) is 0.457. The molecular weight excluding hydrogens is 420 g/mol. The van der Waals surface area contributed by atoms with Crippen LogP contribution in [0, 0.1) is 0 Å². The first-order chi connectivity index (χ1) is 15.6. The summed E-state index contributed by atoms with van der Waals surface area (Å²) in [5, 5.41) is 6.21. The highest BCUT2D eigenvalue weighted by molar-refractivity contribution is 7.17. The first-order valence-electron chi connectivity index (χ1n) is 11.4. The van der Waals surface area contributed by atoms with Crippen molar-refractivity contribution in [1.82, 2.24) is 10.2 Å². The zero-order valence-electron chi connectivity index (χ0n) is 18.9. The molecule has 0 bridgehead atoms. The van der Waals surface area contributed by atoms with E-state index in [1.54, 1.807) is 11.3 Å². The number of piperidine rings is 1. The summed E-state index contributed by atoms with van der Waals surface area (Å²) in [6.07, 6.45) is 3.24. The number of rotatable bonds is 8. The molecule has 0 radical (unpaired) electrons. The minimum absolute atomic E-state index is 0.175. The number of nitrogens with one attached hydrogen (secondary N) is 1. The number of benzene rings is 2. The molecule has 6 heteroatoms. The van der Waals surface area contributed by atoms with Crippen LogP contribution in [0.2, 0.25) is 0 Å². The van der Waals surface area contributed by atoms with Gasteiger partial charge in [-0.3, -0.25) is 4.90 Å². The van der Waals surface area contributed by atoms with Gasteiger partial charge in [-0.1, -0.05) is 36.8 Å². The Hall–Kier alpha value is -2.57. The summed E-state index contributed by atoms with van der Waals surface area (Å²) in [5.41, 5.74) is 2.38. The van der Waals surface area contributed by atoms with Gasteiger partial charge in [0.2, 0.25) is 0 Å². The van der Waals surface area contributed by atoms with Crippen molar-refractivity contribution >= 4 is 27.5 Å². The number of hydrogen-bond donors (Lipinski definition) is 1. The van der Waals surface area contributed by atoms with Gasteiger partial charge >= 0.3 is 6.09 Å². The molecule has 2 heterocycles. The molecular formula is C26H32N2O3S. The van der Waals surface area contributed by atoms with E-state index in [1.807, 2.05) is 38.1 Å². The van der Waals surface area contributed by atoms with Gasteiger partial charge in [-0.2, -0.15) is 0 Å². The molecule has 1 aliphatic heterocycles. The molecule has 3 aromatic rings. The third kappa shape index (κ3) is 6.02. The molecule has 1 amide bonds. The minimum atomic E-state index is -0.346. The fourth-order valence-electron chi connectivity index (χ4n) is 4.20. The highest BCUT2D eigenvalue weighted by Crippen LogP contribution is 2.25. The number of carbonyl (C=O) groups is 1. The van der Waals surface area contributed by atoms with Gasteiger partial charge in [0.05, 0.1) is 6.10 Å². The van der Waals surface area contributed by atoms with E-state index in [2.05, 4.69) is 39.9 Å². The van der Waals surface area contributed by atoms with Crippen molar-refractivity contribution in [1.29, 1.82) is 0 Å². The van der Waals surface area contributed by atoms with Gasteiger partial charge in [0, 0.05) is 23.8 Å². The average Bonchev–Trinajstić information content (AvgIpc) is 3.21. The number of amides is 1. The summed E-state index contributed by atoms with van der Waals surface area (Å²) < 4.78 is 12.6. The van der Waals surface area contributed by atoms with Crippen LogP contribution in [-0.4, -0.2) is 36.3 Å². The molecule has 2 aromatic carbocycles. The summed E-state index contributed by atoms with van der Waals surface area (Å²) in [4.78, 5) is 14.8. The van der Waals surface area contributed by atoms with Crippen LogP contribution in [0.5, 0.6) is 5.75 Å². The lowest BCUT2D eigenvalue weighted by Gasteiger charge is -2.35. The lowest BCUT2D eigenvalue weighted by molar-refractivity contribution is 0.0638. The van der Waals surface area contributed by atoms with Gasteiger partial charge < -0.3 is 14.8 Å². The molecule has 0 aliphatic carbocycles. The van der Waals surface area contributed by atoms with Gasteiger partial charge in [-0.05, 0) is 73.3 Å². The normalized spacial score (nSPS) is 16.9. The van der Waals surface area contributed by atoms with Crippen LogP contribution in [-0.2, 0) is 17.8 Å². The van der Waals surface area contributed by atoms with E-state index in [1.165, 1.54) is 28.5 Å². The summed E-state index contributed by atoms with van der Waals surface area (Å²) in [6.45, 7) is 6.86. The maximum absolute atomic E-state index is 12.3. The Balaban J connectivity index is 1.27. The standard InChI is InChI=1S/C26H32N2O3S/c1-19(2)31-23-12-10-20(11-13-23)16-28-14-6-5-7-22(28)17-30-26(29)27-15-21-18-32-25-9-4-3-8-24(21)25/h3-4,8-13,18-19,22H,5-7,14-17H2,1-2H3,(H,27,29). The number of ether oxygens (including phenoxy) is 2. The molecule has 1 fully saturated rings. The average molecular weight is 453 g/mol. The van der Waals surface area contributed by atoms with E-state index in [-0.39, 0.29) is 18.2 Å². The summed E-state index contributed by atoms with van der Waals surface area (Å²) in [5.74, 6) is 0.900. The van der Waals surface area contributed by atoms with Crippen LogP contribution in [0.15, 0.2) is 53.9 Å². The van der Waals surface area contributed by atoms with E-state index in [4.69, 9.17) is 9.47 Å². The molecule has 1 saturated heterocycles. The van der Waals surface area contributed by atoms with E-state index in [0.29, 0.717) is 13.2 Å². The Bertz CT molecular complexity index is 1020. The van der Waals surface area contributed by atoms with Crippen molar-refractivity contribution in [2.24, 2.45) is 0 Å². The number of likely N-dealkylation sites (tertiary alicyclic amines) is 1. The third-order valence-electron chi connectivity index (χ3n) is 5.82. The Morgan fingerprint density at radius 2 is 1.97 bits per heavy atom. The lowest BCUT2D eigenvalue weighted by Crippen LogP contribution is -2.43. The Morgan fingerprint density at radius 1 is 1.16 bits per heavy atom. The Kier molecular flexibility index (Phi) is 7.66. The molecule has 32 heavy (non-hydrogen) atoms. The summed E-state index contributed by atoms with van der Waals surface area (Å²) >= 11 is 1.70. The van der Waals surface area contributed by atoms with Crippen LogP contribution in [0.3, 0.4) is 0 Å². The molecule has 5 nitrogen and oxygen atoms in total. The predicted molar refractivity (Wildman–Crippen MR) is 130 cm³/mol. The van der Waals surface area contributed by atoms with E-state index in [9.17, 15) is 4.79 Å². The molecule has 0 spiro atoms. The van der Waals surface area contributed by atoms with Crippen LogP contribution in [0.1, 0.15) is 44.2 Å². The van der Waals surface area contributed by atoms with Crippen LogP contribution in [0.4, 0.5) is 4.79 Å². The number of nitrogens with zero attached hydrogens (tertiary/aromatic N) is 1. The molecule has 1 aromatic heterocycles. The van der Waals surface area contributed by atoms with Crippen molar-refractivity contribution in [2.45, 2.75) is 58.3 Å². The van der Waals surface area contributed by atoms with Crippen molar-refractivity contribution < 1.29 is 14.3 Å². The third-order valence-corrected chi connectivity index (χ3v) is 6.83. The summed E-state index contributed by atoms with van der Waals surface area (Å²) in [6, 6.07) is 16.8. The highest BCUT2D eigenvalue weighted by Gasteiger charge is 2.24. The van der Waals surface area contributed by atoms with Crippen molar-refractivity contribution in [2.75, 3.05) is 13.2 Å². The Morgan fingerprint density at radius 3 is 2.78 bits per heavy atom. The van der Waals surface area contributed by atoms with Gasteiger partial charge in [-0.25, -0.2) is 4.79 Å². The maximum atomic E-state index is 12.3. The van der Waals surface area contributed by atoms with Crippen LogP contribution >= 0.6 is 11.3 Å². The largest absolute Gasteiger partial charge is 0.491 e. The summed E-state index contributed by atoms with van der Waals surface area (Å²) in [7, 11) is 0. The van der Waals surface area contributed by atoms with Gasteiger partial charge in [0.15, 0.2) is 0 Å². The first-order valence-corrected chi connectivity index (χ1v) is 12.3. The topological polar surface area (TPSA) is 50.8 Å². The fraction of sp³-hybridized carbons (Fsp3) is 0.423. The first kappa shape index (κ1) is 22.6. The van der Waals surface area contributed by atoms with Gasteiger partial charge in [0.1, 0.15) is 12.4 Å². The molecule has 1 N–H and O–H groups in total. The monoisotopic (exact) mass is 452 g/mol. The smallest absolute Gasteiger partial charge is 0.407 e. The molecule has 1 atom stereocenters. The zero-order chi connectivity index (χ0) is 22.3. The van der Waals surface area contributed by atoms with Gasteiger partial charge in [-0.15, -0.1) is 11.3 Å². The second-order valence-corrected chi connectivity index (χ2v) is 9.55. The SMILES string of the molecule is CC(C)Oc1ccc(CN2CCCCC2COC(=O)NCc2csc3ccccc23)cc1. The van der Waals surface area contributed by atoms with E-state index in [0.717, 1.165) is 30.8 Å². The fourth-order valence-corrected chi connectivity index (χ4v) is 5.16. The number of thiophene rings is 1. The highest BCUT2D eigenvalue weighted by atomic mass is 32.1. The van der Waals surface area contributed by atoms with Gasteiger partial charge in [0.25, 0.3) is 0 Å². The van der Waals surface area contributed by atoms with Crippen molar-refractivity contribution in [3.05, 3.63) is 65.0 Å². The second kappa shape index (κ2) is 10.8. The molecule has 1 aliphatic rings. The minimum Gasteiger partial charge on any atom is -0.491 e. The number of fused-ring (bicyclic) bond motifs is 1. The van der Waals surface area contributed by atoms with Crippen LogP contribution in [0.25, 0.3) is 10.1 Å². The predicted octanol–water partition coefficient (Wildman–Crippen LogP) is 5.97. The zero-order valence-corrected chi connectivity index (χ0v) is 19.7. The second-order valence-electron chi connectivity index (χ2n) is 8.64. The number of carbonyl (C=O) groups excluding carboxylic acids is 1. The molecule has 0 saturated carbocycles. The van der Waals surface area contributed by atoms with Crippen LogP contribution < -0.4 is 10.1 Å². The maximum Gasteiger partial charge on any atom is 0.407 e. The molecule has 170 valence electrons. The van der Waals surface area contributed by atoms with E-state index < -0.39 is 0 Å². The Labute approximate surface area is 194 Å². The van der Waals surface area contributed by atoms with E-state index >= 15 is 0 Å². The number of hydrogen-bond acceptors (Lipinski definition) is 5.